The molecule has 0 aliphatic carbocycles. The first-order chi connectivity index (χ1) is 13.3. The minimum absolute atomic E-state index is 0.359. The number of alkyl halides is 3. The summed E-state index contributed by atoms with van der Waals surface area (Å²) in [5.74, 6) is 1.56. The number of rotatable bonds is 4. The molecule has 1 aliphatic rings. The Hall–Kier alpha value is -2.29. The Labute approximate surface area is 163 Å². The summed E-state index contributed by atoms with van der Waals surface area (Å²) in [6, 6.07) is 6.49. The van der Waals surface area contributed by atoms with E-state index in [9.17, 15) is 13.2 Å². The summed E-state index contributed by atoms with van der Waals surface area (Å²) in [4.78, 5) is 12.8. The van der Waals surface area contributed by atoms with Crippen LogP contribution in [0.3, 0.4) is 0 Å². The van der Waals surface area contributed by atoms with Gasteiger partial charge < -0.3 is 14.8 Å². The molecule has 1 unspecified atom stereocenters. The zero-order chi connectivity index (χ0) is 20.3. The summed E-state index contributed by atoms with van der Waals surface area (Å²) in [5, 5.41) is 3.25. The van der Waals surface area contributed by atoms with Crippen LogP contribution in [0.2, 0.25) is 0 Å². The zero-order valence-corrected chi connectivity index (χ0v) is 16.5. The van der Waals surface area contributed by atoms with Gasteiger partial charge in [-0.25, -0.2) is 9.98 Å². The van der Waals surface area contributed by atoms with Crippen molar-refractivity contribution in [2.75, 3.05) is 32.7 Å². The molecule has 28 heavy (non-hydrogen) atoms. The van der Waals surface area contributed by atoms with Crippen molar-refractivity contribution < 1.29 is 13.2 Å². The van der Waals surface area contributed by atoms with Crippen LogP contribution in [0.15, 0.2) is 29.3 Å². The van der Waals surface area contributed by atoms with Gasteiger partial charge in [-0.05, 0) is 26.0 Å². The standard InChI is InChI=1S/C19H27F3N6/c1-4-23-18(28-11-9-27(10-12-28)14(2)19(20,21)22)24-13-17-25-15-7-5-6-8-16(15)26(17)3/h5-8,14H,4,9-13H2,1-3H3,(H,23,24). The number of guanidine groups is 1. The predicted octanol–water partition coefficient (Wildman–Crippen LogP) is 2.61. The van der Waals surface area contributed by atoms with Crippen molar-refractivity contribution in [1.82, 2.24) is 24.7 Å². The molecule has 3 rings (SSSR count). The third-order valence-electron chi connectivity index (χ3n) is 5.22. The Morgan fingerprint density at radius 1 is 1.21 bits per heavy atom. The van der Waals surface area contributed by atoms with Crippen LogP contribution < -0.4 is 5.32 Å². The monoisotopic (exact) mass is 396 g/mol. The summed E-state index contributed by atoms with van der Waals surface area (Å²) in [7, 11) is 1.96. The maximum Gasteiger partial charge on any atom is 0.403 e. The topological polar surface area (TPSA) is 48.7 Å². The van der Waals surface area contributed by atoms with Crippen LogP contribution in [0, 0.1) is 0 Å². The summed E-state index contributed by atoms with van der Waals surface area (Å²) >= 11 is 0. The predicted molar refractivity (Wildman–Crippen MR) is 104 cm³/mol. The van der Waals surface area contributed by atoms with E-state index in [4.69, 9.17) is 0 Å². The van der Waals surface area contributed by atoms with E-state index >= 15 is 0 Å². The number of piperazine rings is 1. The van der Waals surface area contributed by atoms with Crippen LogP contribution in [0.25, 0.3) is 11.0 Å². The minimum atomic E-state index is -4.19. The fourth-order valence-electron chi connectivity index (χ4n) is 3.44. The molecule has 1 atom stereocenters. The highest BCUT2D eigenvalue weighted by atomic mass is 19.4. The Bertz CT molecular complexity index is 821. The van der Waals surface area contributed by atoms with Crippen molar-refractivity contribution in [1.29, 1.82) is 0 Å². The van der Waals surface area contributed by atoms with Crippen molar-refractivity contribution in [2.45, 2.75) is 32.6 Å². The largest absolute Gasteiger partial charge is 0.403 e. The molecule has 1 aromatic carbocycles. The van der Waals surface area contributed by atoms with E-state index < -0.39 is 12.2 Å². The molecule has 9 heteroatoms. The number of benzene rings is 1. The summed E-state index contributed by atoms with van der Waals surface area (Å²) in [5.41, 5.74) is 1.97. The van der Waals surface area contributed by atoms with Gasteiger partial charge in [-0.15, -0.1) is 0 Å². The first-order valence-corrected chi connectivity index (χ1v) is 9.55. The van der Waals surface area contributed by atoms with Crippen LogP contribution in [-0.2, 0) is 13.6 Å². The Balaban J connectivity index is 1.69. The number of para-hydroxylation sites is 2. The third kappa shape index (κ3) is 4.40. The van der Waals surface area contributed by atoms with E-state index in [1.54, 1.807) is 0 Å². The van der Waals surface area contributed by atoms with Gasteiger partial charge in [-0.2, -0.15) is 13.2 Å². The average Bonchev–Trinajstić information content (AvgIpc) is 3.00. The molecule has 1 N–H and O–H groups in total. The molecule has 2 heterocycles. The summed E-state index contributed by atoms with van der Waals surface area (Å²) in [6.45, 7) is 6.04. The van der Waals surface area contributed by atoms with Gasteiger partial charge in [0.05, 0.1) is 11.0 Å². The molecule has 1 fully saturated rings. The number of hydrogen-bond donors (Lipinski definition) is 1. The van der Waals surface area contributed by atoms with E-state index in [-0.39, 0.29) is 0 Å². The summed E-state index contributed by atoms with van der Waals surface area (Å²) in [6.07, 6.45) is -4.19. The highest BCUT2D eigenvalue weighted by molar-refractivity contribution is 5.80. The molecule has 0 spiro atoms. The third-order valence-corrected chi connectivity index (χ3v) is 5.22. The number of aryl methyl sites for hydroxylation is 1. The lowest BCUT2D eigenvalue weighted by molar-refractivity contribution is -0.181. The van der Waals surface area contributed by atoms with Gasteiger partial charge in [0.25, 0.3) is 0 Å². The quantitative estimate of drug-likeness (QED) is 0.638. The Kier molecular flexibility index (Phi) is 6.12. The molecule has 1 aliphatic heterocycles. The SMILES string of the molecule is CCNC(=NCc1nc2ccccc2n1C)N1CCN(C(C)C(F)(F)F)CC1. The van der Waals surface area contributed by atoms with Gasteiger partial charge in [-0.3, -0.25) is 4.90 Å². The number of aromatic nitrogens is 2. The molecule has 6 nitrogen and oxygen atoms in total. The fraction of sp³-hybridized carbons (Fsp3) is 0.579. The van der Waals surface area contributed by atoms with E-state index in [1.165, 1.54) is 11.8 Å². The van der Waals surface area contributed by atoms with Gasteiger partial charge in [0.15, 0.2) is 5.96 Å². The van der Waals surface area contributed by atoms with Crippen molar-refractivity contribution in [3.8, 4) is 0 Å². The lowest BCUT2D eigenvalue weighted by Crippen LogP contribution is -2.56. The fourth-order valence-corrected chi connectivity index (χ4v) is 3.44. The molecule has 1 aromatic heterocycles. The van der Waals surface area contributed by atoms with Gasteiger partial charge >= 0.3 is 6.18 Å². The number of imidazole rings is 1. The molecule has 2 aromatic rings. The molecule has 0 radical (unpaired) electrons. The van der Waals surface area contributed by atoms with E-state index in [2.05, 4.69) is 15.3 Å². The number of nitrogens with zero attached hydrogens (tertiary/aromatic N) is 5. The van der Waals surface area contributed by atoms with E-state index in [1.807, 2.05) is 47.7 Å². The number of hydrogen-bond acceptors (Lipinski definition) is 3. The number of halogens is 3. The number of nitrogens with one attached hydrogen (secondary N) is 1. The molecule has 1 saturated heterocycles. The second kappa shape index (κ2) is 8.38. The Morgan fingerprint density at radius 2 is 1.89 bits per heavy atom. The van der Waals surface area contributed by atoms with E-state index in [0.717, 1.165) is 16.9 Å². The first kappa shape index (κ1) is 20.4. The van der Waals surface area contributed by atoms with Crippen LogP contribution in [0.5, 0.6) is 0 Å². The van der Waals surface area contributed by atoms with Crippen LogP contribution >= 0.6 is 0 Å². The van der Waals surface area contributed by atoms with Crippen LogP contribution in [0.1, 0.15) is 19.7 Å². The van der Waals surface area contributed by atoms with E-state index in [0.29, 0.717) is 45.2 Å². The molecule has 0 amide bonds. The number of fused-ring (bicyclic) bond motifs is 1. The van der Waals surface area contributed by atoms with Gasteiger partial charge in [0.2, 0.25) is 0 Å². The van der Waals surface area contributed by atoms with Crippen LogP contribution in [-0.4, -0.2) is 70.3 Å². The van der Waals surface area contributed by atoms with Crippen molar-refractivity contribution in [3.05, 3.63) is 30.1 Å². The van der Waals surface area contributed by atoms with Gasteiger partial charge in [-0.1, -0.05) is 12.1 Å². The Morgan fingerprint density at radius 3 is 2.50 bits per heavy atom. The van der Waals surface area contributed by atoms with Gasteiger partial charge in [0.1, 0.15) is 18.4 Å². The molecule has 0 saturated carbocycles. The lowest BCUT2D eigenvalue weighted by Gasteiger charge is -2.39. The first-order valence-electron chi connectivity index (χ1n) is 9.55. The van der Waals surface area contributed by atoms with Gasteiger partial charge in [0, 0.05) is 39.8 Å². The second-order valence-electron chi connectivity index (χ2n) is 6.99. The number of aliphatic imine (C=N–C) groups is 1. The minimum Gasteiger partial charge on any atom is -0.357 e. The maximum atomic E-state index is 12.9. The zero-order valence-electron chi connectivity index (χ0n) is 16.5. The molecule has 0 bridgehead atoms. The van der Waals surface area contributed by atoms with Crippen molar-refractivity contribution in [2.24, 2.45) is 12.0 Å². The smallest absolute Gasteiger partial charge is 0.357 e. The lowest BCUT2D eigenvalue weighted by atomic mass is 10.2. The van der Waals surface area contributed by atoms with Crippen molar-refractivity contribution in [3.63, 3.8) is 0 Å². The maximum absolute atomic E-state index is 12.9. The molecular weight excluding hydrogens is 369 g/mol. The molecular formula is C19H27F3N6. The highest BCUT2D eigenvalue weighted by Crippen LogP contribution is 2.25. The highest BCUT2D eigenvalue weighted by Gasteiger charge is 2.41. The normalized spacial score (nSPS) is 17.9. The summed E-state index contributed by atoms with van der Waals surface area (Å²) < 4.78 is 40.9. The average molecular weight is 396 g/mol. The second-order valence-corrected chi connectivity index (χ2v) is 6.99. The van der Waals surface area contributed by atoms with Crippen LogP contribution in [0.4, 0.5) is 13.2 Å². The molecule has 154 valence electrons. The van der Waals surface area contributed by atoms with Crippen molar-refractivity contribution >= 4 is 17.0 Å².